The molecule has 2 nitrogen and oxygen atoms in total. The fraction of sp³-hybridized carbons (Fsp3) is 0.182. The average molecular weight is 208 g/mol. The Bertz CT molecular complexity index is 376. The standard InChI is InChI=1S/C11H10ClNO/c12-8-4-3-6-10-5-1-2-7-11(10)9-13-14/h1-2,5,7,9,14H,4,8H2. The first-order valence-electron chi connectivity index (χ1n) is 4.20. The van der Waals surface area contributed by atoms with Gasteiger partial charge in [-0.15, -0.1) is 11.6 Å². The zero-order valence-electron chi connectivity index (χ0n) is 7.57. The molecule has 0 saturated heterocycles. The van der Waals surface area contributed by atoms with Crippen molar-refractivity contribution in [2.45, 2.75) is 6.42 Å². The van der Waals surface area contributed by atoms with E-state index in [0.717, 1.165) is 11.1 Å². The summed E-state index contributed by atoms with van der Waals surface area (Å²) >= 11 is 5.50. The van der Waals surface area contributed by atoms with Gasteiger partial charge in [-0.2, -0.15) is 0 Å². The fourth-order valence-electron chi connectivity index (χ4n) is 0.991. The summed E-state index contributed by atoms with van der Waals surface area (Å²) in [4.78, 5) is 0. The van der Waals surface area contributed by atoms with E-state index < -0.39 is 0 Å². The minimum Gasteiger partial charge on any atom is -0.411 e. The van der Waals surface area contributed by atoms with Crippen LogP contribution in [0.3, 0.4) is 0 Å². The van der Waals surface area contributed by atoms with E-state index in [1.54, 1.807) is 0 Å². The van der Waals surface area contributed by atoms with Crippen molar-refractivity contribution < 1.29 is 5.21 Å². The van der Waals surface area contributed by atoms with Crippen molar-refractivity contribution in [1.82, 2.24) is 0 Å². The lowest BCUT2D eigenvalue weighted by molar-refractivity contribution is 0.322. The molecule has 0 fully saturated rings. The largest absolute Gasteiger partial charge is 0.411 e. The highest BCUT2D eigenvalue weighted by Crippen LogP contribution is 2.04. The van der Waals surface area contributed by atoms with Gasteiger partial charge in [0.1, 0.15) is 0 Å². The summed E-state index contributed by atoms with van der Waals surface area (Å²) in [5.41, 5.74) is 1.65. The van der Waals surface area contributed by atoms with E-state index in [1.165, 1.54) is 6.21 Å². The summed E-state index contributed by atoms with van der Waals surface area (Å²) < 4.78 is 0. The van der Waals surface area contributed by atoms with Gasteiger partial charge < -0.3 is 5.21 Å². The van der Waals surface area contributed by atoms with Crippen LogP contribution in [-0.4, -0.2) is 17.3 Å². The number of rotatable bonds is 2. The van der Waals surface area contributed by atoms with E-state index in [4.69, 9.17) is 16.8 Å². The Labute approximate surface area is 88.2 Å². The molecule has 0 aliphatic rings. The van der Waals surface area contributed by atoms with Crippen molar-refractivity contribution >= 4 is 17.8 Å². The second-order valence-corrected chi connectivity index (χ2v) is 2.95. The summed E-state index contributed by atoms with van der Waals surface area (Å²) in [6.45, 7) is 0. The van der Waals surface area contributed by atoms with E-state index in [2.05, 4.69) is 17.0 Å². The summed E-state index contributed by atoms with van der Waals surface area (Å²) in [6, 6.07) is 7.46. The molecule has 14 heavy (non-hydrogen) atoms. The Morgan fingerprint density at radius 3 is 2.93 bits per heavy atom. The molecule has 0 unspecified atom stereocenters. The molecule has 0 saturated carbocycles. The highest BCUT2D eigenvalue weighted by molar-refractivity contribution is 6.18. The van der Waals surface area contributed by atoms with Gasteiger partial charge in [0.2, 0.25) is 0 Å². The van der Waals surface area contributed by atoms with Crippen molar-refractivity contribution in [2.75, 3.05) is 5.88 Å². The van der Waals surface area contributed by atoms with E-state index in [9.17, 15) is 0 Å². The van der Waals surface area contributed by atoms with Gasteiger partial charge in [0.15, 0.2) is 0 Å². The van der Waals surface area contributed by atoms with Crippen LogP contribution in [0.1, 0.15) is 17.5 Å². The maximum Gasteiger partial charge on any atom is 0.0746 e. The molecule has 1 aromatic rings. The van der Waals surface area contributed by atoms with Crippen molar-refractivity contribution in [3.8, 4) is 11.8 Å². The summed E-state index contributed by atoms with van der Waals surface area (Å²) in [6.07, 6.45) is 2.02. The fourth-order valence-corrected chi connectivity index (χ4v) is 1.09. The number of alkyl halides is 1. The molecule has 3 heteroatoms. The minimum absolute atomic E-state index is 0.531. The van der Waals surface area contributed by atoms with Crippen molar-refractivity contribution in [2.24, 2.45) is 5.16 Å². The Hall–Kier alpha value is -1.46. The van der Waals surface area contributed by atoms with Gasteiger partial charge in [-0.05, 0) is 6.07 Å². The van der Waals surface area contributed by atoms with Gasteiger partial charge in [0.05, 0.1) is 6.21 Å². The Kier molecular flexibility index (Phi) is 4.60. The van der Waals surface area contributed by atoms with Crippen LogP contribution in [0.2, 0.25) is 0 Å². The van der Waals surface area contributed by atoms with Crippen LogP contribution in [0.15, 0.2) is 29.4 Å². The molecule has 0 aliphatic heterocycles. The SMILES string of the molecule is ON=Cc1ccccc1C#CCCCl. The zero-order chi connectivity index (χ0) is 10.2. The van der Waals surface area contributed by atoms with Gasteiger partial charge in [-0.1, -0.05) is 35.2 Å². The smallest absolute Gasteiger partial charge is 0.0746 e. The lowest BCUT2D eigenvalue weighted by atomic mass is 10.1. The maximum absolute atomic E-state index is 8.42. The molecule has 72 valence electrons. The molecular formula is C11H10ClNO. The monoisotopic (exact) mass is 207 g/mol. The molecule has 0 amide bonds. The Morgan fingerprint density at radius 2 is 2.21 bits per heavy atom. The molecule has 0 radical (unpaired) electrons. The van der Waals surface area contributed by atoms with Crippen LogP contribution in [0.4, 0.5) is 0 Å². The second-order valence-electron chi connectivity index (χ2n) is 2.57. The molecule has 1 N–H and O–H groups in total. The maximum atomic E-state index is 8.42. The van der Waals surface area contributed by atoms with Gasteiger partial charge in [0.25, 0.3) is 0 Å². The predicted octanol–water partition coefficient (Wildman–Crippen LogP) is 2.48. The number of hydrogen-bond donors (Lipinski definition) is 1. The van der Waals surface area contributed by atoms with E-state index in [-0.39, 0.29) is 0 Å². The number of benzene rings is 1. The Morgan fingerprint density at radius 1 is 1.43 bits per heavy atom. The number of oxime groups is 1. The zero-order valence-corrected chi connectivity index (χ0v) is 8.33. The third-order valence-corrected chi connectivity index (χ3v) is 1.79. The number of halogens is 1. The van der Waals surface area contributed by atoms with E-state index >= 15 is 0 Å². The predicted molar refractivity (Wildman–Crippen MR) is 58.0 cm³/mol. The minimum atomic E-state index is 0.531. The van der Waals surface area contributed by atoms with Crippen molar-refractivity contribution in [1.29, 1.82) is 0 Å². The first kappa shape index (κ1) is 10.6. The molecule has 0 aliphatic carbocycles. The van der Waals surface area contributed by atoms with E-state index in [0.29, 0.717) is 12.3 Å². The van der Waals surface area contributed by atoms with Crippen LogP contribution in [0.25, 0.3) is 0 Å². The molecular weight excluding hydrogens is 198 g/mol. The van der Waals surface area contributed by atoms with Gasteiger partial charge in [-0.3, -0.25) is 0 Å². The molecule has 0 bridgehead atoms. The second kappa shape index (κ2) is 6.06. The summed E-state index contributed by atoms with van der Waals surface area (Å²) in [5.74, 6) is 6.42. The molecule has 1 aromatic carbocycles. The van der Waals surface area contributed by atoms with Gasteiger partial charge >= 0.3 is 0 Å². The third-order valence-electron chi connectivity index (χ3n) is 1.60. The van der Waals surface area contributed by atoms with E-state index in [1.807, 2.05) is 24.3 Å². The topological polar surface area (TPSA) is 32.6 Å². The highest BCUT2D eigenvalue weighted by atomic mass is 35.5. The highest BCUT2D eigenvalue weighted by Gasteiger charge is 1.94. The number of nitrogens with zero attached hydrogens (tertiary/aromatic N) is 1. The van der Waals surface area contributed by atoms with Crippen LogP contribution in [-0.2, 0) is 0 Å². The van der Waals surface area contributed by atoms with Crippen molar-refractivity contribution in [3.05, 3.63) is 35.4 Å². The Balaban J connectivity index is 2.91. The lowest BCUT2D eigenvalue weighted by Gasteiger charge is -1.95. The third kappa shape index (κ3) is 3.12. The first-order valence-corrected chi connectivity index (χ1v) is 4.73. The average Bonchev–Trinajstić information content (AvgIpc) is 2.21. The van der Waals surface area contributed by atoms with Gasteiger partial charge in [-0.25, -0.2) is 0 Å². The molecule has 0 spiro atoms. The van der Waals surface area contributed by atoms with Gasteiger partial charge in [0, 0.05) is 23.4 Å². The normalized spacial score (nSPS) is 9.79. The molecule has 0 aromatic heterocycles. The molecule has 0 atom stereocenters. The lowest BCUT2D eigenvalue weighted by Crippen LogP contribution is -1.86. The van der Waals surface area contributed by atoms with Crippen LogP contribution in [0, 0.1) is 11.8 Å². The van der Waals surface area contributed by atoms with Crippen LogP contribution >= 0.6 is 11.6 Å². The summed E-state index contributed by atoms with van der Waals surface area (Å²) in [7, 11) is 0. The summed E-state index contributed by atoms with van der Waals surface area (Å²) in [5, 5.41) is 11.4. The van der Waals surface area contributed by atoms with Crippen LogP contribution in [0.5, 0.6) is 0 Å². The molecule has 0 heterocycles. The first-order chi connectivity index (χ1) is 6.88. The number of hydrogen-bond acceptors (Lipinski definition) is 2. The quantitative estimate of drug-likeness (QED) is 0.261. The molecule has 1 rings (SSSR count). The van der Waals surface area contributed by atoms with Crippen LogP contribution < -0.4 is 0 Å². The van der Waals surface area contributed by atoms with Crippen molar-refractivity contribution in [3.63, 3.8) is 0 Å².